The number of furan rings is 2. The van der Waals surface area contributed by atoms with Gasteiger partial charge in [0.2, 0.25) is 5.09 Å². The molecule has 0 aliphatic carbocycles. The van der Waals surface area contributed by atoms with Crippen molar-refractivity contribution in [3.8, 4) is 0 Å². The van der Waals surface area contributed by atoms with Gasteiger partial charge in [-0.25, -0.2) is 4.72 Å². The van der Waals surface area contributed by atoms with Crippen LogP contribution in [0.25, 0.3) is 11.0 Å². The highest BCUT2D eigenvalue weighted by Gasteiger charge is 2.30. The third kappa shape index (κ3) is 2.76. The quantitative estimate of drug-likeness (QED) is 0.722. The number of hydrogen-bond acceptors (Lipinski definition) is 6. The van der Waals surface area contributed by atoms with E-state index >= 15 is 0 Å². The van der Waals surface area contributed by atoms with Crippen molar-refractivity contribution in [2.75, 3.05) is 6.54 Å². The second-order valence-electron chi connectivity index (χ2n) is 5.84. The number of amides is 2. The molecule has 1 aliphatic rings. The van der Waals surface area contributed by atoms with Gasteiger partial charge in [-0.05, 0) is 12.5 Å². The second kappa shape index (κ2) is 6.03. The molecule has 134 valence electrons. The van der Waals surface area contributed by atoms with E-state index in [2.05, 4.69) is 5.32 Å². The van der Waals surface area contributed by atoms with Gasteiger partial charge in [0.1, 0.15) is 17.6 Å². The summed E-state index contributed by atoms with van der Waals surface area (Å²) >= 11 is 0. The minimum Gasteiger partial charge on any atom is -0.468 e. The monoisotopic (exact) mass is 374 g/mol. The van der Waals surface area contributed by atoms with E-state index in [9.17, 15) is 18.0 Å². The highest BCUT2D eigenvalue weighted by atomic mass is 32.2. The first-order valence-electron chi connectivity index (χ1n) is 7.90. The lowest BCUT2D eigenvalue weighted by atomic mass is 10.1. The third-order valence-corrected chi connectivity index (χ3v) is 5.28. The van der Waals surface area contributed by atoms with Gasteiger partial charge in [-0.15, -0.1) is 0 Å². The van der Waals surface area contributed by atoms with Crippen molar-refractivity contribution >= 4 is 32.8 Å². The van der Waals surface area contributed by atoms with Crippen LogP contribution in [-0.4, -0.2) is 26.8 Å². The van der Waals surface area contributed by atoms with Crippen molar-refractivity contribution in [3.05, 3.63) is 53.5 Å². The third-order valence-electron chi connectivity index (χ3n) is 4.10. The van der Waals surface area contributed by atoms with Crippen LogP contribution in [0.15, 0.2) is 50.5 Å². The van der Waals surface area contributed by atoms with Crippen LogP contribution in [0, 0.1) is 0 Å². The van der Waals surface area contributed by atoms with Crippen molar-refractivity contribution in [1.29, 1.82) is 0 Å². The molecule has 2 amide bonds. The molecule has 0 spiro atoms. The number of para-hydroxylation sites is 1. The molecule has 0 radical (unpaired) electrons. The minimum atomic E-state index is -4.24. The molecular weight excluding hydrogens is 360 g/mol. The van der Waals surface area contributed by atoms with Gasteiger partial charge in [0.15, 0.2) is 0 Å². The zero-order chi connectivity index (χ0) is 18.3. The molecule has 2 aromatic heterocycles. The standard InChI is InChI=1S/C17H14N2O6S/c20-16(11-9-24-13-6-3-7-18-17(21)15(11)13)19-26(22,23)14-8-10-4-1-2-5-12(10)25-14/h1-2,4-5,8-9H,3,6-7H2,(H,18,21)(H,19,20). The number of hydrogen-bond donors (Lipinski definition) is 2. The maximum Gasteiger partial charge on any atom is 0.297 e. The average molecular weight is 374 g/mol. The number of rotatable bonds is 3. The van der Waals surface area contributed by atoms with Crippen LogP contribution in [0.5, 0.6) is 0 Å². The normalized spacial score (nSPS) is 14.5. The summed E-state index contributed by atoms with van der Waals surface area (Å²) in [4.78, 5) is 24.6. The van der Waals surface area contributed by atoms with Crippen LogP contribution in [0.4, 0.5) is 0 Å². The summed E-state index contributed by atoms with van der Waals surface area (Å²) in [5, 5.41) is 2.86. The van der Waals surface area contributed by atoms with Gasteiger partial charge >= 0.3 is 0 Å². The van der Waals surface area contributed by atoms with Gasteiger partial charge in [0.05, 0.1) is 11.1 Å². The molecule has 3 heterocycles. The number of aryl methyl sites for hydroxylation is 1. The Morgan fingerprint density at radius 1 is 1.23 bits per heavy atom. The molecule has 0 saturated carbocycles. The van der Waals surface area contributed by atoms with Gasteiger partial charge < -0.3 is 14.2 Å². The van der Waals surface area contributed by atoms with E-state index in [1.807, 2.05) is 4.72 Å². The van der Waals surface area contributed by atoms with Gasteiger partial charge in [0, 0.05) is 24.4 Å². The van der Waals surface area contributed by atoms with Gasteiger partial charge in [0.25, 0.3) is 21.8 Å². The molecule has 1 aromatic carbocycles. The van der Waals surface area contributed by atoms with Crippen LogP contribution in [0.2, 0.25) is 0 Å². The average Bonchev–Trinajstić information content (AvgIpc) is 3.18. The van der Waals surface area contributed by atoms with Crippen LogP contribution >= 0.6 is 0 Å². The summed E-state index contributed by atoms with van der Waals surface area (Å²) in [5.41, 5.74) is 0.329. The zero-order valence-corrected chi connectivity index (χ0v) is 14.3. The molecule has 0 unspecified atom stereocenters. The Morgan fingerprint density at radius 3 is 2.85 bits per heavy atom. The minimum absolute atomic E-state index is 0.0693. The summed E-state index contributed by atoms with van der Waals surface area (Å²) in [7, 11) is -4.24. The molecule has 0 bridgehead atoms. The summed E-state index contributed by atoms with van der Waals surface area (Å²) in [6.07, 6.45) is 2.25. The number of fused-ring (bicyclic) bond motifs is 2. The van der Waals surface area contributed by atoms with Crippen LogP contribution in [0.3, 0.4) is 0 Å². The number of benzene rings is 1. The molecule has 8 nitrogen and oxygen atoms in total. The molecule has 2 N–H and O–H groups in total. The topological polar surface area (TPSA) is 119 Å². The molecule has 4 rings (SSSR count). The summed E-state index contributed by atoms with van der Waals surface area (Å²) < 4.78 is 37.4. The van der Waals surface area contributed by atoms with E-state index in [4.69, 9.17) is 8.83 Å². The van der Waals surface area contributed by atoms with E-state index < -0.39 is 21.8 Å². The second-order valence-corrected chi connectivity index (χ2v) is 7.46. The lowest BCUT2D eigenvalue weighted by Crippen LogP contribution is -2.32. The largest absolute Gasteiger partial charge is 0.468 e. The fourth-order valence-corrected chi connectivity index (χ4v) is 3.79. The van der Waals surface area contributed by atoms with E-state index in [0.29, 0.717) is 36.1 Å². The Morgan fingerprint density at radius 2 is 2.04 bits per heavy atom. The first-order valence-corrected chi connectivity index (χ1v) is 9.38. The van der Waals surface area contributed by atoms with E-state index in [1.165, 1.54) is 6.07 Å². The van der Waals surface area contributed by atoms with Crippen molar-refractivity contribution in [3.63, 3.8) is 0 Å². The van der Waals surface area contributed by atoms with Gasteiger partial charge in [-0.1, -0.05) is 18.2 Å². The molecular formula is C17H14N2O6S. The van der Waals surface area contributed by atoms with Crippen molar-refractivity contribution in [1.82, 2.24) is 10.0 Å². The van der Waals surface area contributed by atoms with E-state index in [1.54, 1.807) is 24.3 Å². The van der Waals surface area contributed by atoms with Gasteiger partial charge in [-0.2, -0.15) is 8.42 Å². The molecule has 0 fully saturated rings. The fraction of sp³-hybridized carbons (Fsp3) is 0.176. The molecule has 3 aromatic rings. The zero-order valence-electron chi connectivity index (χ0n) is 13.4. The van der Waals surface area contributed by atoms with Crippen molar-refractivity contribution < 1.29 is 26.8 Å². The lowest BCUT2D eigenvalue weighted by Gasteiger charge is -2.05. The first kappa shape index (κ1) is 16.4. The fourth-order valence-electron chi connectivity index (χ4n) is 2.85. The summed E-state index contributed by atoms with van der Waals surface area (Å²) in [5.74, 6) is -1.05. The molecule has 9 heteroatoms. The SMILES string of the molecule is O=C(NS(=O)(=O)c1cc2ccccc2o1)c1coc2c1C(=O)NCCC2. The Hall–Kier alpha value is -3.07. The molecule has 26 heavy (non-hydrogen) atoms. The van der Waals surface area contributed by atoms with Crippen LogP contribution in [0.1, 0.15) is 32.9 Å². The van der Waals surface area contributed by atoms with E-state index in [-0.39, 0.29) is 16.2 Å². The Kier molecular flexibility index (Phi) is 3.80. The lowest BCUT2D eigenvalue weighted by molar-refractivity contribution is 0.0933. The molecule has 1 aliphatic heterocycles. The van der Waals surface area contributed by atoms with Crippen LogP contribution < -0.4 is 10.0 Å². The number of sulfonamides is 1. The maximum atomic E-state index is 12.5. The predicted molar refractivity (Wildman–Crippen MR) is 90.2 cm³/mol. The van der Waals surface area contributed by atoms with Crippen molar-refractivity contribution in [2.24, 2.45) is 0 Å². The van der Waals surface area contributed by atoms with Gasteiger partial charge in [-0.3, -0.25) is 9.59 Å². The van der Waals surface area contributed by atoms with E-state index in [0.717, 1.165) is 6.26 Å². The summed E-state index contributed by atoms with van der Waals surface area (Å²) in [6, 6.07) is 8.09. The highest BCUT2D eigenvalue weighted by Crippen LogP contribution is 2.24. The maximum absolute atomic E-state index is 12.5. The smallest absolute Gasteiger partial charge is 0.297 e. The Balaban J connectivity index is 1.66. The number of carbonyl (C=O) groups excluding carboxylic acids is 2. The first-order chi connectivity index (χ1) is 12.5. The highest BCUT2D eigenvalue weighted by molar-refractivity contribution is 7.90. The van der Waals surface area contributed by atoms with Crippen molar-refractivity contribution in [2.45, 2.75) is 17.9 Å². The Labute approximate surface area is 148 Å². The molecule has 0 atom stereocenters. The molecule has 0 saturated heterocycles. The summed E-state index contributed by atoms with van der Waals surface area (Å²) in [6.45, 7) is 0.460. The Bertz CT molecular complexity index is 1090. The number of carbonyl (C=O) groups is 2. The predicted octanol–water partition coefficient (Wildman–Crippen LogP) is 1.82. The number of nitrogens with one attached hydrogen (secondary N) is 2. The van der Waals surface area contributed by atoms with Crippen LogP contribution in [-0.2, 0) is 16.4 Å².